The molecule has 0 aliphatic carbocycles. The van der Waals surface area contributed by atoms with Crippen molar-refractivity contribution in [3.63, 3.8) is 0 Å². The molecule has 0 spiro atoms. The van der Waals surface area contributed by atoms with E-state index in [0.717, 1.165) is 37.3 Å². The number of benzene rings is 2. The van der Waals surface area contributed by atoms with Crippen LogP contribution in [-0.2, 0) is 0 Å². The Morgan fingerprint density at radius 3 is 2.78 bits per heavy atom. The van der Waals surface area contributed by atoms with Gasteiger partial charge in [0.05, 0.1) is 11.0 Å². The monoisotopic (exact) mass is 234 g/mol. The van der Waals surface area contributed by atoms with Gasteiger partial charge >= 0.3 is 0 Å². The summed E-state index contributed by atoms with van der Waals surface area (Å²) in [6, 6.07) is 13.9. The lowest BCUT2D eigenvalue weighted by Crippen LogP contribution is -1.87. The third-order valence-electron chi connectivity index (χ3n) is 3.40. The molecule has 86 valence electrons. The van der Waals surface area contributed by atoms with Crippen molar-refractivity contribution in [3.05, 3.63) is 54.9 Å². The third kappa shape index (κ3) is 1.10. The molecule has 3 nitrogen and oxygen atoms in total. The minimum atomic E-state index is 0.818. The van der Waals surface area contributed by atoms with Crippen LogP contribution in [-0.4, -0.2) is 14.9 Å². The molecule has 2 aromatic heterocycles. The lowest BCUT2D eigenvalue weighted by atomic mass is 10.0. The highest BCUT2D eigenvalue weighted by Gasteiger charge is 2.08. The lowest BCUT2D eigenvalue weighted by molar-refractivity contribution is 0.200. The van der Waals surface area contributed by atoms with Gasteiger partial charge in [0, 0.05) is 33.9 Å². The molecule has 1 N–H and O–H groups in total. The molecule has 2 heterocycles. The molecular weight excluding hydrogens is 224 g/mol. The molecule has 0 unspecified atom stereocenters. The molecule has 0 fully saturated rings. The largest absolute Gasteiger partial charge is 0.428 e. The first kappa shape index (κ1) is 9.48. The second-order valence-corrected chi connectivity index (χ2v) is 4.40. The summed E-state index contributed by atoms with van der Waals surface area (Å²) >= 11 is 0. The minimum absolute atomic E-state index is 0.818. The Kier molecular flexibility index (Phi) is 1.70. The number of pyridine rings is 1. The zero-order valence-electron chi connectivity index (χ0n) is 9.54. The molecule has 0 aliphatic rings. The molecule has 2 aromatic carbocycles. The van der Waals surface area contributed by atoms with E-state index in [4.69, 9.17) is 0 Å². The van der Waals surface area contributed by atoms with E-state index in [1.165, 1.54) is 0 Å². The second kappa shape index (κ2) is 3.23. The van der Waals surface area contributed by atoms with Crippen LogP contribution in [0.25, 0.3) is 32.6 Å². The summed E-state index contributed by atoms with van der Waals surface area (Å²) < 4.78 is 1.16. The zero-order chi connectivity index (χ0) is 12.1. The van der Waals surface area contributed by atoms with Crippen molar-refractivity contribution < 1.29 is 5.21 Å². The van der Waals surface area contributed by atoms with Gasteiger partial charge < -0.3 is 5.21 Å². The van der Waals surface area contributed by atoms with Gasteiger partial charge in [-0.3, -0.25) is 4.98 Å². The molecule has 4 aromatic rings. The number of para-hydroxylation sites is 1. The van der Waals surface area contributed by atoms with Crippen LogP contribution in [0.2, 0.25) is 0 Å². The predicted molar refractivity (Wildman–Crippen MR) is 71.9 cm³/mol. The Balaban J connectivity index is 2.38. The maximum Gasteiger partial charge on any atom is 0.0872 e. The SMILES string of the molecule is On1ccc2c3c(ccc21)cnc1ccccc13. The molecule has 0 atom stereocenters. The number of rotatable bonds is 0. The summed E-state index contributed by atoms with van der Waals surface area (Å²) in [5.74, 6) is 0. The van der Waals surface area contributed by atoms with Crippen LogP contribution in [0.4, 0.5) is 0 Å². The van der Waals surface area contributed by atoms with Crippen LogP contribution in [0.3, 0.4) is 0 Å². The average molecular weight is 234 g/mol. The van der Waals surface area contributed by atoms with Gasteiger partial charge in [0.15, 0.2) is 0 Å². The van der Waals surface area contributed by atoms with Gasteiger partial charge in [-0.1, -0.05) is 24.3 Å². The molecule has 0 bridgehead atoms. The Labute approximate surface area is 103 Å². The summed E-state index contributed by atoms with van der Waals surface area (Å²) in [5.41, 5.74) is 1.79. The molecule has 0 amide bonds. The van der Waals surface area contributed by atoms with Crippen molar-refractivity contribution in [3.8, 4) is 0 Å². The summed E-state index contributed by atoms with van der Waals surface area (Å²) in [5, 5.41) is 14.1. The predicted octanol–water partition coefficient (Wildman–Crippen LogP) is 3.58. The van der Waals surface area contributed by atoms with Gasteiger partial charge in [0.1, 0.15) is 0 Å². The van der Waals surface area contributed by atoms with Gasteiger partial charge in [-0.25, -0.2) is 0 Å². The molecule has 0 saturated heterocycles. The summed E-state index contributed by atoms with van der Waals surface area (Å²) in [6.45, 7) is 0. The van der Waals surface area contributed by atoms with Crippen molar-refractivity contribution in [1.82, 2.24) is 9.71 Å². The van der Waals surface area contributed by atoms with Gasteiger partial charge in [0.2, 0.25) is 0 Å². The van der Waals surface area contributed by atoms with Crippen LogP contribution >= 0.6 is 0 Å². The fourth-order valence-electron chi connectivity index (χ4n) is 2.56. The van der Waals surface area contributed by atoms with E-state index >= 15 is 0 Å². The molecule has 0 saturated carbocycles. The molecule has 0 radical (unpaired) electrons. The number of nitrogens with zero attached hydrogens (tertiary/aromatic N) is 2. The minimum Gasteiger partial charge on any atom is -0.428 e. The maximum absolute atomic E-state index is 9.74. The number of fused-ring (bicyclic) bond motifs is 5. The van der Waals surface area contributed by atoms with E-state index in [1.54, 1.807) is 6.20 Å². The van der Waals surface area contributed by atoms with Gasteiger partial charge in [0.25, 0.3) is 0 Å². The quantitative estimate of drug-likeness (QED) is 0.373. The van der Waals surface area contributed by atoms with E-state index in [0.29, 0.717) is 0 Å². The first-order chi connectivity index (χ1) is 8.84. The van der Waals surface area contributed by atoms with Crippen molar-refractivity contribution in [2.45, 2.75) is 0 Å². The molecule has 3 heteroatoms. The first-order valence-corrected chi connectivity index (χ1v) is 5.81. The van der Waals surface area contributed by atoms with Gasteiger partial charge in [-0.05, 0) is 18.2 Å². The van der Waals surface area contributed by atoms with Gasteiger partial charge in [-0.2, -0.15) is 4.73 Å². The van der Waals surface area contributed by atoms with E-state index in [2.05, 4.69) is 11.1 Å². The van der Waals surface area contributed by atoms with Crippen LogP contribution in [0.15, 0.2) is 54.9 Å². The Hall–Kier alpha value is -2.55. The van der Waals surface area contributed by atoms with Crippen LogP contribution in [0.1, 0.15) is 0 Å². The van der Waals surface area contributed by atoms with E-state index < -0.39 is 0 Å². The van der Waals surface area contributed by atoms with Crippen molar-refractivity contribution >= 4 is 32.6 Å². The zero-order valence-corrected chi connectivity index (χ0v) is 9.54. The van der Waals surface area contributed by atoms with E-state index in [-0.39, 0.29) is 0 Å². The smallest absolute Gasteiger partial charge is 0.0872 e. The van der Waals surface area contributed by atoms with Crippen LogP contribution in [0.5, 0.6) is 0 Å². The van der Waals surface area contributed by atoms with E-state index in [9.17, 15) is 5.21 Å². The van der Waals surface area contributed by atoms with Crippen molar-refractivity contribution in [2.24, 2.45) is 0 Å². The topological polar surface area (TPSA) is 38.0 Å². The number of aromatic nitrogens is 2. The molecule has 18 heavy (non-hydrogen) atoms. The van der Waals surface area contributed by atoms with Gasteiger partial charge in [-0.15, -0.1) is 0 Å². The van der Waals surface area contributed by atoms with Crippen molar-refractivity contribution in [1.29, 1.82) is 0 Å². The van der Waals surface area contributed by atoms with Crippen molar-refractivity contribution in [2.75, 3.05) is 0 Å². The highest BCUT2D eigenvalue weighted by Crippen LogP contribution is 2.30. The summed E-state index contributed by atoms with van der Waals surface area (Å²) in [7, 11) is 0. The summed E-state index contributed by atoms with van der Waals surface area (Å²) in [6.07, 6.45) is 3.55. The number of hydrogen-bond acceptors (Lipinski definition) is 2. The van der Waals surface area contributed by atoms with Crippen LogP contribution < -0.4 is 0 Å². The number of hydrogen-bond donors (Lipinski definition) is 1. The molecular formula is C15H10N2O. The third-order valence-corrected chi connectivity index (χ3v) is 3.40. The fourth-order valence-corrected chi connectivity index (χ4v) is 2.56. The maximum atomic E-state index is 9.74. The Bertz CT molecular complexity index is 893. The standard InChI is InChI=1S/C15H10N2O/c18-17-8-7-12-14(17)6-5-10-9-16-13-4-2-1-3-11(13)15(10)12/h1-9,18H. The molecule has 0 aliphatic heterocycles. The Morgan fingerprint density at radius 1 is 0.944 bits per heavy atom. The average Bonchev–Trinajstić information content (AvgIpc) is 2.80. The summed E-state index contributed by atoms with van der Waals surface area (Å²) in [4.78, 5) is 4.45. The van der Waals surface area contributed by atoms with E-state index in [1.807, 2.05) is 42.6 Å². The van der Waals surface area contributed by atoms with Crippen LogP contribution in [0, 0.1) is 0 Å². The molecule has 4 rings (SSSR count). The highest BCUT2D eigenvalue weighted by atomic mass is 16.5. The second-order valence-electron chi connectivity index (χ2n) is 4.40. The lowest BCUT2D eigenvalue weighted by Gasteiger charge is -2.05. The normalized spacial score (nSPS) is 11.6. The highest BCUT2D eigenvalue weighted by molar-refractivity contribution is 6.18. The Morgan fingerprint density at radius 2 is 1.83 bits per heavy atom. The first-order valence-electron chi connectivity index (χ1n) is 5.81. The fraction of sp³-hybridized carbons (Fsp3) is 0.